The van der Waals surface area contributed by atoms with E-state index < -0.39 is 0 Å². The van der Waals surface area contributed by atoms with Crippen molar-refractivity contribution < 1.29 is 19.3 Å². The molecule has 2 aliphatic heterocycles. The van der Waals surface area contributed by atoms with Gasteiger partial charge in [0.25, 0.3) is 0 Å². The fraction of sp³-hybridized carbons (Fsp3) is 0.500. The summed E-state index contributed by atoms with van der Waals surface area (Å²) >= 11 is 6.93. The van der Waals surface area contributed by atoms with E-state index in [1.54, 1.807) is 6.07 Å². The number of benzene rings is 1. The molecule has 2 aromatic rings. The van der Waals surface area contributed by atoms with E-state index in [9.17, 15) is 5.11 Å². The Balaban J connectivity index is 1.60. The molecule has 1 aromatic heterocycles. The number of aromatic nitrogens is 3. The summed E-state index contributed by atoms with van der Waals surface area (Å²) in [7, 11) is 0. The maximum atomic E-state index is 10.6. The predicted octanol–water partition coefficient (Wildman–Crippen LogP) is 2.62. The van der Waals surface area contributed by atoms with Gasteiger partial charge in [0.05, 0.1) is 44.8 Å². The van der Waals surface area contributed by atoms with Gasteiger partial charge in [-0.1, -0.05) is 0 Å². The SMILES string of the molecule is CCOc1cc(Br)c(Br)c(/C=N/Nc2nc(N3CCOCC3)nc(N3CCOCC3)n2)c1O. The Labute approximate surface area is 208 Å². The fourth-order valence-corrected chi connectivity index (χ4v) is 4.19. The number of phenols is 1. The lowest BCUT2D eigenvalue weighted by atomic mass is 10.2. The molecule has 1 aromatic carbocycles. The highest BCUT2D eigenvalue weighted by Crippen LogP contribution is 2.39. The third-order valence-corrected chi connectivity index (χ3v) is 7.06. The van der Waals surface area contributed by atoms with Crippen LogP contribution in [-0.4, -0.2) is 85.5 Å². The van der Waals surface area contributed by atoms with Crippen molar-refractivity contribution in [2.75, 3.05) is 74.4 Å². The minimum absolute atomic E-state index is 0.0175. The molecule has 11 nitrogen and oxygen atoms in total. The molecule has 4 rings (SSSR count). The summed E-state index contributed by atoms with van der Waals surface area (Å²) < 4.78 is 17.8. The van der Waals surface area contributed by atoms with Crippen LogP contribution in [0.25, 0.3) is 0 Å². The van der Waals surface area contributed by atoms with Crippen LogP contribution in [0, 0.1) is 0 Å². The first-order valence-corrected chi connectivity index (χ1v) is 12.2. The molecule has 178 valence electrons. The van der Waals surface area contributed by atoms with Crippen molar-refractivity contribution in [3.8, 4) is 11.5 Å². The van der Waals surface area contributed by atoms with Gasteiger partial charge >= 0.3 is 0 Å². The van der Waals surface area contributed by atoms with E-state index >= 15 is 0 Å². The molecule has 2 aliphatic rings. The second-order valence-electron chi connectivity index (χ2n) is 7.19. The Morgan fingerprint density at radius 1 is 1.06 bits per heavy atom. The summed E-state index contributed by atoms with van der Waals surface area (Å²) in [6.45, 7) is 7.58. The summed E-state index contributed by atoms with van der Waals surface area (Å²) in [6.07, 6.45) is 1.49. The maximum Gasteiger partial charge on any atom is 0.250 e. The number of nitrogens with one attached hydrogen (secondary N) is 1. The molecule has 3 heterocycles. The van der Waals surface area contributed by atoms with Gasteiger partial charge in [0.2, 0.25) is 17.8 Å². The Hall–Kier alpha value is -2.22. The third-order valence-electron chi connectivity index (χ3n) is 5.05. The van der Waals surface area contributed by atoms with E-state index in [0.29, 0.717) is 92.8 Å². The number of hydrogen-bond acceptors (Lipinski definition) is 11. The second-order valence-corrected chi connectivity index (χ2v) is 8.84. The smallest absolute Gasteiger partial charge is 0.250 e. The highest BCUT2D eigenvalue weighted by molar-refractivity contribution is 9.13. The average Bonchev–Trinajstić information content (AvgIpc) is 2.85. The zero-order chi connectivity index (χ0) is 23.2. The predicted molar refractivity (Wildman–Crippen MR) is 132 cm³/mol. The third kappa shape index (κ3) is 5.83. The van der Waals surface area contributed by atoms with E-state index in [2.05, 4.69) is 67.1 Å². The quantitative estimate of drug-likeness (QED) is 0.370. The number of rotatable bonds is 7. The zero-order valence-electron chi connectivity index (χ0n) is 18.1. The van der Waals surface area contributed by atoms with Gasteiger partial charge in [0, 0.05) is 35.1 Å². The number of nitrogens with zero attached hydrogens (tertiary/aromatic N) is 6. The highest BCUT2D eigenvalue weighted by Gasteiger charge is 2.21. The van der Waals surface area contributed by atoms with Gasteiger partial charge < -0.3 is 29.1 Å². The average molecular weight is 587 g/mol. The molecule has 0 unspecified atom stereocenters. The first-order valence-electron chi connectivity index (χ1n) is 10.6. The maximum absolute atomic E-state index is 10.6. The largest absolute Gasteiger partial charge is 0.504 e. The Morgan fingerprint density at radius 3 is 2.18 bits per heavy atom. The molecular weight excluding hydrogens is 562 g/mol. The van der Waals surface area contributed by atoms with E-state index in [0.717, 1.165) is 4.47 Å². The van der Waals surface area contributed by atoms with Crippen LogP contribution in [0.1, 0.15) is 12.5 Å². The molecule has 13 heteroatoms. The molecule has 2 saturated heterocycles. The van der Waals surface area contributed by atoms with Crippen LogP contribution in [0.2, 0.25) is 0 Å². The van der Waals surface area contributed by atoms with Crippen LogP contribution in [-0.2, 0) is 9.47 Å². The van der Waals surface area contributed by atoms with Gasteiger partial charge in [-0.3, -0.25) is 0 Å². The zero-order valence-corrected chi connectivity index (χ0v) is 21.3. The van der Waals surface area contributed by atoms with E-state index in [1.807, 2.05) is 6.92 Å². The summed E-state index contributed by atoms with van der Waals surface area (Å²) in [5.41, 5.74) is 3.34. The lowest BCUT2D eigenvalue weighted by Gasteiger charge is -2.30. The number of hydrogen-bond donors (Lipinski definition) is 2. The van der Waals surface area contributed by atoms with Crippen molar-refractivity contribution in [3.63, 3.8) is 0 Å². The molecule has 0 spiro atoms. The normalized spacial score (nSPS) is 16.9. The Kier molecular flexibility index (Phi) is 8.17. The van der Waals surface area contributed by atoms with Crippen LogP contribution in [0.15, 0.2) is 20.1 Å². The molecule has 0 radical (unpaired) electrons. The minimum Gasteiger partial charge on any atom is -0.504 e. The van der Waals surface area contributed by atoms with Crippen molar-refractivity contribution in [2.24, 2.45) is 5.10 Å². The topological polar surface area (TPSA) is 117 Å². The summed E-state index contributed by atoms with van der Waals surface area (Å²) in [5, 5.41) is 14.8. The first kappa shape index (κ1) is 23.9. The number of anilines is 3. The molecule has 2 fully saturated rings. The second kappa shape index (κ2) is 11.3. The summed E-state index contributed by atoms with van der Waals surface area (Å²) in [6, 6.07) is 1.70. The molecule has 0 atom stereocenters. The van der Waals surface area contributed by atoms with Crippen LogP contribution >= 0.6 is 31.9 Å². The van der Waals surface area contributed by atoms with Crippen LogP contribution in [0.5, 0.6) is 11.5 Å². The Bertz CT molecular complexity index is 963. The van der Waals surface area contributed by atoms with Crippen molar-refractivity contribution in [1.29, 1.82) is 0 Å². The molecule has 33 heavy (non-hydrogen) atoms. The van der Waals surface area contributed by atoms with Crippen molar-refractivity contribution in [2.45, 2.75) is 6.92 Å². The number of morpholine rings is 2. The first-order chi connectivity index (χ1) is 16.1. The lowest BCUT2D eigenvalue weighted by molar-refractivity contribution is 0.121. The number of halogens is 2. The van der Waals surface area contributed by atoms with Gasteiger partial charge in [-0.2, -0.15) is 20.1 Å². The van der Waals surface area contributed by atoms with E-state index in [1.165, 1.54) is 6.21 Å². The lowest BCUT2D eigenvalue weighted by Crippen LogP contribution is -2.40. The Morgan fingerprint density at radius 2 is 1.64 bits per heavy atom. The van der Waals surface area contributed by atoms with Gasteiger partial charge in [-0.15, -0.1) is 0 Å². The number of aromatic hydroxyl groups is 1. The van der Waals surface area contributed by atoms with Crippen molar-refractivity contribution in [3.05, 3.63) is 20.6 Å². The summed E-state index contributed by atoms with van der Waals surface area (Å²) in [4.78, 5) is 17.9. The fourth-order valence-electron chi connectivity index (χ4n) is 3.36. The number of phenolic OH excluding ortho intramolecular Hbond substituents is 1. The van der Waals surface area contributed by atoms with Gasteiger partial charge in [0.15, 0.2) is 11.5 Å². The molecule has 0 bridgehead atoms. The van der Waals surface area contributed by atoms with Gasteiger partial charge in [0.1, 0.15) is 0 Å². The van der Waals surface area contributed by atoms with E-state index in [4.69, 9.17) is 14.2 Å². The minimum atomic E-state index is -0.0175. The van der Waals surface area contributed by atoms with Crippen LogP contribution in [0.3, 0.4) is 0 Å². The van der Waals surface area contributed by atoms with E-state index in [-0.39, 0.29) is 5.75 Å². The molecule has 0 aliphatic carbocycles. The van der Waals surface area contributed by atoms with Gasteiger partial charge in [-0.05, 0) is 44.8 Å². The molecule has 2 N–H and O–H groups in total. The molecule has 0 amide bonds. The number of hydrazone groups is 1. The van der Waals surface area contributed by atoms with Crippen LogP contribution in [0.4, 0.5) is 17.8 Å². The van der Waals surface area contributed by atoms with Crippen molar-refractivity contribution in [1.82, 2.24) is 15.0 Å². The standard InChI is InChI=1S/C20H25Br2N7O4/c1-2-33-15-11-14(21)16(22)13(17(15)30)12-23-27-18-24-19(28-3-7-31-8-4-28)26-20(25-18)29-5-9-32-10-6-29/h11-12,30H,2-10H2,1H3,(H,24,25,26,27)/b23-12+. The van der Waals surface area contributed by atoms with Gasteiger partial charge in [-0.25, -0.2) is 5.43 Å². The monoisotopic (exact) mass is 585 g/mol. The molecule has 0 saturated carbocycles. The highest BCUT2D eigenvalue weighted by atomic mass is 79.9. The van der Waals surface area contributed by atoms with Crippen LogP contribution < -0.4 is 20.0 Å². The molecular formula is C20H25Br2N7O4. The number of ether oxygens (including phenoxy) is 3. The summed E-state index contributed by atoms with van der Waals surface area (Å²) in [5.74, 6) is 1.78. The van der Waals surface area contributed by atoms with Crippen molar-refractivity contribution >= 4 is 55.9 Å².